The first kappa shape index (κ1) is 19.1. The molecule has 27 heavy (non-hydrogen) atoms. The van der Waals surface area contributed by atoms with Gasteiger partial charge in [0.1, 0.15) is 5.75 Å². The summed E-state index contributed by atoms with van der Waals surface area (Å²) in [5, 5.41) is 3.11. The van der Waals surface area contributed by atoms with E-state index >= 15 is 0 Å². The fourth-order valence-corrected chi connectivity index (χ4v) is 3.76. The summed E-state index contributed by atoms with van der Waals surface area (Å²) in [4.78, 5) is 16.9. The number of piperazine rings is 1. The number of carbonyl (C=O) groups excluding carboxylic acids is 1. The molecule has 0 aliphatic carbocycles. The van der Waals surface area contributed by atoms with Gasteiger partial charge in [0.25, 0.3) is 0 Å². The van der Waals surface area contributed by atoms with E-state index in [0.717, 1.165) is 41.3 Å². The minimum absolute atomic E-state index is 0.0269. The second-order valence-corrected chi connectivity index (χ2v) is 7.35. The van der Waals surface area contributed by atoms with E-state index in [1.165, 1.54) is 11.1 Å². The lowest BCUT2D eigenvalue weighted by Crippen LogP contribution is -2.50. The molecule has 1 aliphatic heterocycles. The van der Waals surface area contributed by atoms with Crippen LogP contribution < -0.4 is 15.0 Å². The number of methoxy groups -OCH3 is 1. The van der Waals surface area contributed by atoms with Gasteiger partial charge in [0, 0.05) is 31.9 Å². The molecule has 0 atom stereocenters. The van der Waals surface area contributed by atoms with Gasteiger partial charge in [0.15, 0.2) is 0 Å². The van der Waals surface area contributed by atoms with Crippen molar-refractivity contribution in [2.45, 2.75) is 27.7 Å². The number of nitrogens with zero attached hydrogens (tertiary/aromatic N) is 2. The molecule has 1 N–H and O–H groups in total. The summed E-state index contributed by atoms with van der Waals surface area (Å²) in [5.41, 5.74) is 6.64. The molecule has 0 aromatic heterocycles. The van der Waals surface area contributed by atoms with Gasteiger partial charge in [0.2, 0.25) is 0 Å². The van der Waals surface area contributed by atoms with Crippen molar-refractivity contribution in [1.82, 2.24) is 4.90 Å². The van der Waals surface area contributed by atoms with Crippen molar-refractivity contribution in [3.05, 3.63) is 52.6 Å². The topological polar surface area (TPSA) is 44.8 Å². The highest BCUT2D eigenvalue weighted by atomic mass is 16.5. The molecule has 144 valence electrons. The molecule has 0 saturated carbocycles. The molecule has 5 nitrogen and oxygen atoms in total. The van der Waals surface area contributed by atoms with Crippen LogP contribution in [0, 0.1) is 27.7 Å². The van der Waals surface area contributed by atoms with E-state index in [9.17, 15) is 4.79 Å². The molecule has 1 aliphatic rings. The van der Waals surface area contributed by atoms with Gasteiger partial charge in [-0.2, -0.15) is 0 Å². The first-order valence-electron chi connectivity index (χ1n) is 9.42. The number of nitrogens with one attached hydrogen (secondary N) is 1. The predicted molar refractivity (Wildman–Crippen MR) is 111 cm³/mol. The molecule has 2 aromatic carbocycles. The second kappa shape index (κ2) is 7.91. The minimum Gasteiger partial charge on any atom is -0.495 e. The third-order valence-electron chi connectivity index (χ3n) is 5.15. The number of carbonyl (C=O) groups is 1. The Morgan fingerprint density at radius 1 is 0.926 bits per heavy atom. The molecule has 0 radical (unpaired) electrons. The smallest absolute Gasteiger partial charge is 0.321 e. The number of rotatable bonds is 3. The summed E-state index contributed by atoms with van der Waals surface area (Å²) in [6.07, 6.45) is 0. The zero-order valence-electron chi connectivity index (χ0n) is 16.9. The molecule has 0 bridgehead atoms. The van der Waals surface area contributed by atoms with E-state index in [4.69, 9.17) is 4.74 Å². The van der Waals surface area contributed by atoms with E-state index < -0.39 is 0 Å². The zero-order chi connectivity index (χ0) is 19.6. The van der Waals surface area contributed by atoms with Crippen molar-refractivity contribution in [2.24, 2.45) is 0 Å². The number of aryl methyl sites for hydroxylation is 4. The van der Waals surface area contributed by atoms with Crippen LogP contribution in [0.1, 0.15) is 22.3 Å². The average Bonchev–Trinajstić information content (AvgIpc) is 2.64. The van der Waals surface area contributed by atoms with Gasteiger partial charge in [-0.1, -0.05) is 23.8 Å². The molecule has 2 amide bonds. The molecule has 3 rings (SSSR count). The van der Waals surface area contributed by atoms with Crippen LogP contribution >= 0.6 is 0 Å². The fraction of sp³-hybridized carbons (Fsp3) is 0.409. The SMILES string of the molecule is COc1ccc(C)cc1N1CCN(C(=O)Nc2c(C)cc(C)cc2C)CC1. The zero-order valence-corrected chi connectivity index (χ0v) is 16.9. The monoisotopic (exact) mass is 367 g/mol. The number of amides is 2. The van der Waals surface area contributed by atoms with Gasteiger partial charge in [0.05, 0.1) is 12.8 Å². The van der Waals surface area contributed by atoms with E-state index in [0.29, 0.717) is 13.1 Å². The normalized spacial score (nSPS) is 14.3. The van der Waals surface area contributed by atoms with E-state index in [1.54, 1.807) is 7.11 Å². The molecular weight excluding hydrogens is 338 g/mol. The first-order chi connectivity index (χ1) is 12.9. The number of anilines is 2. The van der Waals surface area contributed by atoms with Gasteiger partial charge >= 0.3 is 6.03 Å². The van der Waals surface area contributed by atoms with Gasteiger partial charge in [-0.05, 0) is 56.5 Å². The maximum atomic E-state index is 12.7. The van der Waals surface area contributed by atoms with Crippen LogP contribution in [0.15, 0.2) is 30.3 Å². The Morgan fingerprint density at radius 2 is 1.56 bits per heavy atom. The highest BCUT2D eigenvalue weighted by molar-refractivity contribution is 5.91. The molecule has 2 aromatic rings. The number of hydrogen-bond donors (Lipinski definition) is 1. The van der Waals surface area contributed by atoms with Crippen molar-refractivity contribution in [3.8, 4) is 5.75 Å². The summed E-state index contributed by atoms with van der Waals surface area (Å²) in [5.74, 6) is 0.879. The van der Waals surface area contributed by atoms with Crippen LogP contribution in [0.25, 0.3) is 0 Å². The van der Waals surface area contributed by atoms with Crippen LogP contribution in [0.4, 0.5) is 16.2 Å². The second-order valence-electron chi connectivity index (χ2n) is 7.35. The van der Waals surface area contributed by atoms with Crippen molar-refractivity contribution in [1.29, 1.82) is 0 Å². The quantitative estimate of drug-likeness (QED) is 0.880. The molecule has 0 spiro atoms. The third kappa shape index (κ3) is 4.18. The van der Waals surface area contributed by atoms with Crippen LogP contribution in [-0.4, -0.2) is 44.2 Å². The van der Waals surface area contributed by atoms with Crippen molar-refractivity contribution in [2.75, 3.05) is 43.5 Å². The Hall–Kier alpha value is -2.69. The highest BCUT2D eigenvalue weighted by Gasteiger charge is 2.23. The summed E-state index contributed by atoms with van der Waals surface area (Å²) in [7, 11) is 1.70. The molecule has 1 saturated heterocycles. The van der Waals surface area contributed by atoms with E-state index in [1.807, 2.05) is 24.8 Å². The van der Waals surface area contributed by atoms with Crippen molar-refractivity contribution < 1.29 is 9.53 Å². The molecule has 0 unspecified atom stereocenters. The number of hydrogen-bond acceptors (Lipinski definition) is 3. The van der Waals surface area contributed by atoms with E-state index in [2.05, 4.69) is 48.3 Å². The summed E-state index contributed by atoms with van der Waals surface area (Å²) >= 11 is 0. The van der Waals surface area contributed by atoms with Crippen molar-refractivity contribution in [3.63, 3.8) is 0 Å². The van der Waals surface area contributed by atoms with Crippen LogP contribution in [0.2, 0.25) is 0 Å². The van der Waals surface area contributed by atoms with Gasteiger partial charge in [-0.25, -0.2) is 4.79 Å². The molecule has 1 heterocycles. The van der Waals surface area contributed by atoms with Gasteiger partial charge in [-0.3, -0.25) is 0 Å². The standard InChI is InChI=1S/C22H29N3O2/c1-15-6-7-20(27-5)19(14-15)24-8-10-25(11-9-24)22(26)23-21-17(3)12-16(2)13-18(21)4/h6-7,12-14H,8-11H2,1-5H3,(H,23,26). The first-order valence-corrected chi connectivity index (χ1v) is 9.42. The number of urea groups is 1. The molecule has 1 fully saturated rings. The fourth-order valence-electron chi connectivity index (χ4n) is 3.76. The molecule has 5 heteroatoms. The van der Waals surface area contributed by atoms with Crippen LogP contribution in [0.3, 0.4) is 0 Å². The average molecular weight is 367 g/mol. The maximum Gasteiger partial charge on any atom is 0.321 e. The van der Waals surface area contributed by atoms with Crippen LogP contribution in [-0.2, 0) is 0 Å². The van der Waals surface area contributed by atoms with Crippen molar-refractivity contribution >= 4 is 17.4 Å². The highest BCUT2D eigenvalue weighted by Crippen LogP contribution is 2.30. The Morgan fingerprint density at radius 3 is 2.15 bits per heavy atom. The summed E-state index contributed by atoms with van der Waals surface area (Å²) < 4.78 is 5.51. The Bertz CT molecular complexity index is 816. The van der Waals surface area contributed by atoms with E-state index in [-0.39, 0.29) is 6.03 Å². The number of benzene rings is 2. The minimum atomic E-state index is -0.0269. The Labute approximate surface area is 161 Å². The maximum absolute atomic E-state index is 12.7. The largest absolute Gasteiger partial charge is 0.495 e. The number of ether oxygens (including phenoxy) is 1. The lowest BCUT2D eigenvalue weighted by molar-refractivity contribution is 0.208. The van der Waals surface area contributed by atoms with Gasteiger partial charge in [-0.15, -0.1) is 0 Å². The molecular formula is C22H29N3O2. The van der Waals surface area contributed by atoms with Gasteiger partial charge < -0.3 is 19.9 Å². The third-order valence-corrected chi connectivity index (χ3v) is 5.15. The van der Waals surface area contributed by atoms with Crippen LogP contribution in [0.5, 0.6) is 5.75 Å². The summed E-state index contributed by atoms with van der Waals surface area (Å²) in [6.45, 7) is 11.2. The Balaban J connectivity index is 1.66. The lowest BCUT2D eigenvalue weighted by atomic mass is 10.1. The predicted octanol–water partition coefficient (Wildman–Crippen LogP) is 4.28. The Kier molecular flexibility index (Phi) is 5.59. The summed E-state index contributed by atoms with van der Waals surface area (Å²) in [6, 6.07) is 10.4. The lowest BCUT2D eigenvalue weighted by Gasteiger charge is -2.36.